The van der Waals surface area contributed by atoms with Gasteiger partial charge >= 0.3 is 0 Å². The molecule has 1 aliphatic heterocycles. The Balaban J connectivity index is 1.23. The van der Waals surface area contributed by atoms with Gasteiger partial charge in [0.25, 0.3) is 0 Å². The molecule has 0 radical (unpaired) electrons. The summed E-state index contributed by atoms with van der Waals surface area (Å²) in [6.07, 6.45) is 0. The maximum absolute atomic E-state index is 2.39. The molecule has 1 heterocycles. The van der Waals surface area contributed by atoms with Crippen LogP contribution in [0.5, 0.6) is 0 Å². The van der Waals surface area contributed by atoms with Crippen LogP contribution in [-0.2, 0) is 0 Å². The largest absolute Gasteiger partial charge is 0.0887 e. The molecule has 0 unspecified atom stereocenters. The number of hydrogen-bond acceptors (Lipinski definition) is 1. The Bertz CT molecular complexity index is 2540. The third-order valence-corrected chi connectivity index (χ3v) is 10.3. The molecule has 0 saturated heterocycles. The van der Waals surface area contributed by atoms with Crippen molar-refractivity contribution in [3.63, 3.8) is 0 Å². The number of benzene rings is 9. The van der Waals surface area contributed by atoms with Gasteiger partial charge in [-0.3, -0.25) is 0 Å². The van der Waals surface area contributed by atoms with Crippen LogP contribution >= 0.6 is 11.8 Å². The Morgan fingerprint density at radius 3 is 1.54 bits per heavy atom. The Hall–Kier alpha value is -4.85. The summed E-state index contributed by atoms with van der Waals surface area (Å²) in [4.78, 5) is 2.71. The van der Waals surface area contributed by atoms with Gasteiger partial charge in [-0.1, -0.05) is 127 Å². The van der Waals surface area contributed by atoms with Crippen molar-refractivity contribution in [1.82, 2.24) is 0 Å². The molecule has 0 aliphatic carbocycles. The first kappa shape index (κ1) is 21.9. The Morgan fingerprint density at radius 2 is 0.805 bits per heavy atom. The Kier molecular flexibility index (Phi) is 4.21. The third kappa shape index (κ3) is 2.91. The predicted octanol–water partition coefficient (Wildman–Crippen LogP) is 11.8. The lowest BCUT2D eigenvalue weighted by molar-refractivity contribution is 1.48. The number of rotatable bonds is 2. The highest BCUT2D eigenvalue weighted by molar-refractivity contribution is 8.00. The summed E-state index contributed by atoms with van der Waals surface area (Å²) >= 11 is 1.91. The van der Waals surface area contributed by atoms with Gasteiger partial charge in [-0.15, -0.1) is 0 Å². The monoisotopic (exact) mass is 534 g/mol. The van der Waals surface area contributed by atoms with Gasteiger partial charge in [0.05, 0.1) is 0 Å². The highest BCUT2D eigenvalue weighted by Gasteiger charge is 2.20. The summed E-state index contributed by atoms with van der Waals surface area (Å²) in [5.41, 5.74) is 5.10. The van der Waals surface area contributed by atoms with Crippen molar-refractivity contribution in [2.45, 2.75) is 9.79 Å². The Morgan fingerprint density at radius 1 is 0.317 bits per heavy atom. The van der Waals surface area contributed by atoms with Crippen molar-refractivity contribution in [2.24, 2.45) is 0 Å². The van der Waals surface area contributed by atoms with Gasteiger partial charge in [0.15, 0.2) is 0 Å². The first-order valence-corrected chi connectivity index (χ1v) is 15.0. The van der Waals surface area contributed by atoms with Crippen molar-refractivity contribution in [3.8, 4) is 22.3 Å². The molecule has 0 spiro atoms. The van der Waals surface area contributed by atoms with E-state index in [4.69, 9.17) is 0 Å². The van der Waals surface area contributed by atoms with Crippen LogP contribution in [0.3, 0.4) is 0 Å². The summed E-state index contributed by atoms with van der Waals surface area (Å²) < 4.78 is 0. The second kappa shape index (κ2) is 7.87. The van der Waals surface area contributed by atoms with E-state index >= 15 is 0 Å². The summed E-state index contributed by atoms with van der Waals surface area (Å²) in [5, 5.41) is 16.1. The van der Waals surface area contributed by atoms with E-state index in [2.05, 4.69) is 133 Å². The van der Waals surface area contributed by atoms with Gasteiger partial charge < -0.3 is 0 Å². The lowest BCUT2D eigenvalue weighted by Gasteiger charge is -2.21. The van der Waals surface area contributed by atoms with E-state index in [0.29, 0.717) is 0 Å². The fourth-order valence-corrected chi connectivity index (χ4v) is 8.51. The maximum atomic E-state index is 2.39. The zero-order valence-electron chi connectivity index (χ0n) is 22.1. The minimum atomic E-state index is 1.26. The predicted molar refractivity (Wildman–Crippen MR) is 178 cm³/mol. The normalized spacial score (nSPS) is 12.8. The van der Waals surface area contributed by atoms with Crippen molar-refractivity contribution in [1.29, 1.82) is 0 Å². The topological polar surface area (TPSA) is 0 Å². The SMILES string of the molecule is c1cc(-c2ccc3c4c2ccc2ccc5cccc(c5c24)S3)cc(-c2ccc3ccc4cccc5ccc2c3c45)c1. The molecule has 0 nitrogen and oxygen atoms in total. The van der Waals surface area contributed by atoms with Crippen molar-refractivity contribution < 1.29 is 0 Å². The van der Waals surface area contributed by atoms with Crippen LogP contribution in [0.2, 0.25) is 0 Å². The van der Waals surface area contributed by atoms with Crippen molar-refractivity contribution in [2.75, 3.05) is 0 Å². The van der Waals surface area contributed by atoms with Crippen molar-refractivity contribution in [3.05, 3.63) is 133 Å². The molecule has 0 saturated carbocycles. The molecule has 0 amide bonds. The molecule has 9 aromatic carbocycles. The minimum absolute atomic E-state index is 1.26. The van der Waals surface area contributed by atoms with Gasteiger partial charge in [0, 0.05) is 20.6 Å². The second-order valence-corrected chi connectivity index (χ2v) is 12.4. The zero-order valence-corrected chi connectivity index (χ0v) is 22.9. The molecule has 1 aliphatic rings. The van der Waals surface area contributed by atoms with Gasteiger partial charge in [-0.25, -0.2) is 0 Å². The summed E-state index contributed by atoms with van der Waals surface area (Å²) in [6, 6.07) is 50.0. The van der Waals surface area contributed by atoms with Crippen LogP contribution in [-0.4, -0.2) is 0 Å². The zero-order chi connectivity index (χ0) is 26.7. The molecular formula is C40H22S. The van der Waals surface area contributed by atoms with E-state index in [0.717, 1.165) is 0 Å². The van der Waals surface area contributed by atoms with Crippen LogP contribution in [0, 0.1) is 0 Å². The lowest BCUT2D eigenvalue weighted by Crippen LogP contribution is -1.93. The summed E-state index contributed by atoms with van der Waals surface area (Å²) in [5.74, 6) is 0. The van der Waals surface area contributed by atoms with E-state index < -0.39 is 0 Å². The molecule has 0 bridgehead atoms. The smallest absolute Gasteiger partial charge is 0.0207 e. The molecule has 0 atom stereocenters. The van der Waals surface area contributed by atoms with E-state index in [1.54, 1.807) is 0 Å². The van der Waals surface area contributed by atoms with E-state index in [-0.39, 0.29) is 0 Å². The van der Waals surface area contributed by atoms with E-state index in [1.807, 2.05) is 11.8 Å². The average molecular weight is 535 g/mol. The van der Waals surface area contributed by atoms with E-state index in [1.165, 1.54) is 96.7 Å². The maximum Gasteiger partial charge on any atom is 0.0207 e. The fraction of sp³-hybridized carbons (Fsp3) is 0. The van der Waals surface area contributed by atoms with Crippen LogP contribution < -0.4 is 0 Å². The van der Waals surface area contributed by atoms with Crippen LogP contribution in [0.25, 0.3) is 86.9 Å². The summed E-state index contributed by atoms with van der Waals surface area (Å²) in [6.45, 7) is 0. The highest BCUT2D eigenvalue weighted by atomic mass is 32.2. The van der Waals surface area contributed by atoms with Gasteiger partial charge in [0.1, 0.15) is 0 Å². The van der Waals surface area contributed by atoms with Gasteiger partial charge in [-0.05, 0) is 94.3 Å². The lowest BCUT2D eigenvalue weighted by atomic mass is 9.88. The standard InChI is InChI=1S/C40H22S/c1-4-23-10-12-26-14-17-30(32-18-15-24(5-1)36(23)37(26)32)28-7-2-8-29(22-28)31-20-21-35-40-33(31)19-16-27-13-11-25-6-3-9-34(41-35)38(25)39(27)40/h1-22H. The fourth-order valence-electron chi connectivity index (χ4n) is 7.36. The second-order valence-electron chi connectivity index (χ2n) is 11.3. The summed E-state index contributed by atoms with van der Waals surface area (Å²) in [7, 11) is 0. The molecule has 0 N–H and O–H groups in total. The third-order valence-electron chi connectivity index (χ3n) is 9.16. The molecule has 1 heteroatoms. The Labute approximate surface area is 241 Å². The molecule has 10 rings (SSSR count). The van der Waals surface area contributed by atoms with E-state index in [9.17, 15) is 0 Å². The van der Waals surface area contributed by atoms with Crippen LogP contribution in [0.15, 0.2) is 143 Å². The minimum Gasteiger partial charge on any atom is -0.0887 e. The first-order valence-electron chi connectivity index (χ1n) is 14.2. The van der Waals surface area contributed by atoms with Gasteiger partial charge in [-0.2, -0.15) is 0 Å². The molecule has 41 heavy (non-hydrogen) atoms. The highest BCUT2D eigenvalue weighted by Crippen LogP contribution is 2.50. The quantitative estimate of drug-likeness (QED) is 0.199. The average Bonchev–Trinajstić information content (AvgIpc) is 3.03. The molecular weight excluding hydrogens is 513 g/mol. The van der Waals surface area contributed by atoms with Crippen LogP contribution in [0.4, 0.5) is 0 Å². The molecule has 9 aromatic rings. The first-order chi connectivity index (χ1) is 20.3. The molecule has 0 aromatic heterocycles. The number of hydrogen-bond donors (Lipinski definition) is 0. The molecule has 188 valence electrons. The van der Waals surface area contributed by atoms with Gasteiger partial charge in [0.2, 0.25) is 0 Å². The van der Waals surface area contributed by atoms with Crippen LogP contribution in [0.1, 0.15) is 0 Å². The molecule has 0 fully saturated rings. The van der Waals surface area contributed by atoms with Crippen molar-refractivity contribution >= 4 is 76.4 Å².